The van der Waals surface area contributed by atoms with Crippen LogP contribution in [0.15, 0.2) is 101 Å². The number of hydrazone groups is 1. The maximum absolute atomic E-state index is 10.1. The van der Waals surface area contributed by atoms with Crippen LogP contribution in [0.3, 0.4) is 0 Å². The molecule has 8 heteroatoms. The lowest BCUT2D eigenvalue weighted by atomic mass is 9.95. The molecule has 0 radical (unpaired) electrons. The van der Waals surface area contributed by atoms with E-state index in [0.717, 1.165) is 44.4 Å². The van der Waals surface area contributed by atoms with Crippen LogP contribution in [0.2, 0.25) is 5.02 Å². The first-order chi connectivity index (χ1) is 18.1. The number of thioether (sulfide) groups is 1. The molecule has 4 aromatic rings. The average Bonchev–Trinajstić information content (AvgIpc) is 3.45. The Kier molecular flexibility index (Phi) is 7.30. The number of rotatable bonds is 7. The van der Waals surface area contributed by atoms with Gasteiger partial charge in [0.15, 0.2) is 0 Å². The van der Waals surface area contributed by atoms with Crippen LogP contribution in [0.1, 0.15) is 5.56 Å². The minimum atomic E-state index is -0.727. The molecule has 0 spiro atoms. The van der Waals surface area contributed by atoms with Crippen LogP contribution in [0.5, 0.6) is 0 Å². The quantitative estimate of drug-likeness (QED) is 0.227. The summed E-state index contributed by atoms with van der Waals surface area (Å²) in [5, 5.41) is 28.0. The van der Waals surface area contributed by atoms with E-state index in [1.807, 2.05) is 78.9 Å². The van der Waals surface area contributed by atoms with E-state index in [9.17, 15) is 10.5 Å². The van der Waals surface area contributed by atoms with Gasteiger partial charge in [-0.05, 0) is 48.5 Å². The summed E-state index contributed by atoms with van der Waals surface area (Å²) in [4.78, 5) is 1.16. The minimum Gasteiger partial charge on any atom is -0.346 e. The van der Waals surface area contributed by atoms with Gasteiger partial charge < -0.3 is 10.3 Å². The molecular weight excluding hydrogens is 500 g/mol. The molecule has 6 nitrogen and oxygen atoms in total. The van der Waals surface area contributed by atoms with E-state index in [2.05, 4.69) is 34.1 Å². The third-order valence-corrected chi connectivity index (χ3v) is 7.47. The predicted octanol–water partition coefficient (Wildman–Crippen LogP) is 6.29. The van der Waals surface area contributed by atoms with Crippen molar-refractivity contribution in [1.29, 1.82) is 10.5 Å². The van der Waals surface area contributed by atoms with Gasteiger partial charge in [-0.3, -0.25) is 0 Å². The third kappa shape index (κ3) is 5.12. The summed E-state index contributed by atoms with van der Waals surface area (Å²) < 4.78 is 2.19. The summed E-state index contributed by atoms with van der Waals surface area (Å²) in [5.74, 6) is 0.147. The lowest BCUT2D eigenvalue weighted by molar-refractivity contribution is 0.624. The van der Waals surface area contributed by atoms with Crippen molar-refractivity contribution >= 4 is 51.7 Å². The molecule has 0 fully saturated rings. The van der Waals surface area contributed by atoms with Gasteiger partial charge in [-0.25, -0.2) is 5.01 Å². The Hall–Kier alpha value is -4.01. The first kappa shape index (κ1) is 24.7. The summed E-state index contributed by atoms with van der Waals surface area (Å²) in [5.41, 5.74) is 9.86. The van der Waals surface area contributed by atoms with Gasteiger partial charge in [-0.1, -0.05) is 48.0 Å². The molecule has 5 rings (SSSR count). The first-order valence-corrected chi connectivity index (χ1v) is 13.1. The Morgan fingerprint density at radius 1 is 1.03 bits per heavy atom. The molecule has 0 saturated carbocycles. The molecule has 0 unspecified atom stereocenters. The van der Waals surface area contributed by atoms with Crippen LogP contribution in [0.4, 0.5) is 5.69 Å². The second-order valence-electron chi connectivity index (χ2n) is 8.53. The van der Waals surface area contributed by atoms with Gasteiger partial charge in [0.1, 0.15) is 18.2 Å². The fourth-order valence-corrected chi connectivity index (χ4v) is 5.38. The normalized spacial score (nSPS) is 17.5. The van der Waals surface area contributed by atoms with Crippen molar-refractivity contribution in [3.8, 4) is 12.1 Å². The standard InChI is InChI=1S/C29H23ClN6S/c30-22-10-12-24(13-11-22)37-15-14-35-19-21(25-8-4-5-9-27(25)35)16-20(17-31)28-26(18-32)29(33)36(34-28)23-6-2-1-3-7-23/h1-13,16,19,26,29H,14-15,33H2/b20-16-/t26-,29+/m1/s1. The van der Waals surface area contributed by atoms with Crippen LogP contribution in [-0.4, -0.2) is 22.2 Å². The van der Waals surface area contributed by atoms with Crippen molar-refractivity contribution in [2.24, 2.45) is 16.8 Å². The van der Waals surface area contributed by atoms with Crippen LogP contribution in [0, 0.1) is 28.6 Å². The molecule has 182 valence electrons. The Balaban J connectivity index is 1.45. The number of fused-ring (bicyclic) bond motifs is 1. The number of anilines is 1. The zero-order valence-electron chi connectivity index (χ0n) is 19.8. The molecule has 2 N–H and O–H groups in total. The predicted molar refractivity (Wildman–Crippen MR) is 151 cm³/mol. The Labute approximate surface area is 224 Å². The number of para-hydroxylation sites is 2. The summed E-state index contributed by atoms with van der Waals surface area (Å²) in [6.07, 6.45) is 3.19. The van der Waals surface area contributed by atoms with Gasteiger partial charge in [-0.15, -0.1) is 11.8 Å². The second-order valence-corrected chi connectivity index (χ2v) is 10.1. The van der Waals surface area contributed by atoms with Gasteiger partial charge in [-0.2, -0.15) is 15.6 Å². The van der Waals surface area contributed by atoms with Crippen molar-refractivity contribution in [3.05, 3.63) is 101 Å². The van der Waals surface area contributed by atoms with Gasteiger partial charge in [0.05, 0.1) is 23.0 Å². The lowest BCUT2D eigenvalue weighted by Crippen LogP contribution is -2.40. The zero-order valence-corrected chi connectivity index (χ0v) is 21.4. The van der Waals surface area contributed by atoms with Gasteiger partial charge >= 0.3 is 0 Å². The van der Waals surface area contributed by atoms with E-state index in [1.54, 1.807) is 16.8 Å². The number of halogens is 1. The Morgan fingerprint density at radius 2 is 1.76 bits per heavy atom. The Bertz CT molecular complexity index is 1560. The largest absolute Gasteiger partial charge is 0.346 e. The average molecular weight is 523 g/mol. The van der Waals surface area contributed by atoms with Crippen molar-refractivity contribution in [3.63, 3.8) is 0 Å². The van der Waals surface area contributed by atoms with E-state index in [1.165, 1.54) is 0 Å². The summed E-state index contributed by atoms with van der Waals surface area (Å²) in [6, 6.07) is 29.9. The highest BCUT2D eigenvalue weighted by atomic mass is 35.5. The molecular formula is C29H23ClN6S. The molecule has 2 atom stereocenters. The number of nitriles is 2. The molecule has 0 saturated heterocycles. The maximum Gasteiger partial charge on any atom is 0.127 e. The SMILES string of the molecule is N#C/C(=C/c1cn(CCSc2ccc(Cl)cc2)c2ccccc12)C1=NN(c2ccccc2)[C@H](N)[C@@H]1C#N. The molecule has 1 aliphatic rings. The van der Waals surface area contributed by atoms with E-state index < -0.39 is 12.1 Å². The molecule has 0 amide bonds. The number of hydrogen-bond donors (Lipinski definition) is 1. The number of nitrogens with zero attached hydrogens (tertiary/aromatic N) is 5. The van der Waals surface area contributed by atoms with Crippen molar-refractivity contribution in [2.45, 2.75) is 17.6 Å². The summed E-state index contributed by atoms with van der Waals surface area (Å²) >= 11 is 7.76. The van der Waals surface area contributed by atoms with Crippen molar-refractivity contribution < 1.29 is 0 Å². The number of benzene rings is 3. The van der Waals surface area contributed by atoms with E-state index in [0.29, 0.717) is 11.3 Å². The van der Waals surface area contributed by atoms with Crippen LogP contribution in [0.25, 0.3) is 17.0 Å². The van der Waals surface area contributed by atoms with Gasteiger partial charge in [0.2, 0.25) is 0 Å². The molecule has 2 heterocycles. The second kappa shape index (κ2) is 10.9. The van der Waals surface area contributed by atoms with E-state index in [4.69, 9.17) is 17.3 Å². The molecule has 1 aliphatic heterocycles. The summed E-state index contributed by atoms with van der Waals surface area (Å²) in [6.45, 7) is 0.790. The van der Waals surface area contributed by atoms with Gasteiger partial charge in [0, 0.05) is 44.9 Å². The smallest absolute Gasteiger partial charge is 0.127 e. The Morgan fingerprint density at radius 3 is 2.49 bits per heavy atom. The number of aryl methyl sites for hydroxylation is 1. The molecule has 3 aromatic carbocycles. The fraction of sp³-hybridized carbons (Fsp3) is 0.138. The molecule has 1 aromatic heterocycles. The molecule has 0 aliphatic carbocycles. The van der Waals surface area contributed by atoms with E-state index in [-0.39, 0.29) is 0 Å². The topological polar surface area (TPSA) is 94.1 Å². The van der Waals surface area contributed by atoms with E-state index >= 15 is 0 Å². The highest BCUT2D eigenvalue weighted by Crippen LogP contribution is 2.31. The maximum atomic E-state index is 10.1. The highest BCUT2D eigenvalue weighted by molar-refractivity contribution is 7.99. The number of aromatic nitrogens is 1. The highest BCUT2D eigenvalue weighted by Gasteiger charge is 2.37. The number of nitrogens with two attached hydrogens (primary N) is 1. The van der Waals surface area contributed by atoms with Crippen molar-refractivity contribution in [1.82, 2.24) is 4.57 Å². The lowest BCUT2D eigenvalue weighted by Gasteiger charge is -2.21. The summed E-state index contributed by atoms with van der Waals surface area (Å²) in [7, 11) is 0. The first-order valence-electron chi connectivity index (χ1n) is 11.8. The van der Waals surface area contributed by atoms with Crippen LogP contribution >= 0.6 is 23.4 Å². The monoisotopic (exact) mass is 522 g/mol. The van der Waals surface area contributed by atoms with Crippen LogP contribution in [-0.2, 0) is 6.54 Å². The number of allylic oxidation sites excluding steroid dienone is 1. The minimum absolute atomic E-state index is 0.332. The van der Waals surface area contributed by atoms with Crippen LogP contribution < -0.4 is 10.7 Å². The zero-order chi connectivity index (χ0) is 25.8. The fourth-order valence-electron chi connectivity index (χ4n) is 4.40. The molecule has 37 heavy (non-hydrogen) atoms. The van der Waals surface area contributed by atoms with Crippen molar-refractivity contribution in [2.75, 3.05) is 10.8 Å². The van der Waals surface area contributed by atoms with Gasteiger partial charge in [0.25, 0.3) is 0 Å². The third-order valence-electron chi connectivity index (χ3n) is 6.22. The molecule has 0 bridgehead atoms. The number of hydrogen-bond acceptors (Lipinski definition) is 6.